The number of carbonyl (C=O) groups excluding carboxylic acids is 1. The van der Waals surface area contributed by atoms with Gasteiger partial charge < -0.3 is 0 Å². The van der Waals surface area contributed by atoms with Crippen molar-refractivity contribution < 1.29 is 14.6 Å². The summed E-state index contributed by atoms with van der Waals surface area (Å²) >= 11 is 0. The number of nitrogens with one attached hydrogen (secondary N) is 1. The van der Waals surface area contributed by atoms with Crippen LogP contribution >= 0.6 is 0 Å². The minimum Gasteiger partial charge on any atom is -0.271 e. The monoisotopic (exact) mass is 242 g/mol. The van der Waals surface area contributed by atoms with Crippen LogP contribution in [0.5, 0.6) is 0 Å². The number of hydrogen-bond donors (Lipinski definition) is 1. The first-order valence-corrected chi connectivity index (χ1v) is 4.91. The summed E-state index contributed by atoms with van der Waals surface area (Å²) < 4.78 is 1.17. The van der Waals surface area contributed by atoms with E-state index in [2.05, 4.69) is 10.6 Å². The minimum atomic E-state index is -0.576. The number of aromatic nitrogens is 2. The predicted molar refractivity (Wildman–Crippen MR) is 57.9 cm³/mol. The third-order valence-corrected chi connectivity index (χ3v) is 1.61. The van der Waals surface area contributed by atoms with Crippen LogP contribution in [0.4, 0.5) is 5.69 Å². The Kier molecular flexibility index (Phi) is 3.79. The molecule has 1 amide bonds. The lowest BCUT2D eigenvalue weighted by Gasteiger charge is -2.18. The number of hydroxylamine groups is 1. The van der Waals surface area contributed by atoms with Gasteiger partial charge in [0.25, 0.3) is 5.91 Å². The first-order chi connectivity index (χ1) is 7.78. The Labute approximate surface area is 97.7 Å². The standard InChI is InChI=1S/C9H14N4O4/c1-9(2,3)17-11-8(14)6-12-5-7(4-10-12)13(15)16/h4-5H,6H2,1-3H3,(H,11,14). The van der Waals surface area contributed by atoms with Crippen molar-refractivity contribution in [3.05, 3.63) is 22.5 Å². The molecule has 0 atom stereocenters. The largest absolute Gasteiger partial charge is 0.307 e. The van der Waals surface area contributed by atoms with Crippen molar-refractivity contribution in [3.8, 4) is 0 Å². The molecule has 8 nitrogen and oxygen atoms in total. The second-order valence-corrected chi connectivity index (χ2v) is 4.39. The first-order valence-electron chi connectivity index (χ1n) is 4.91. The Hall–Kier alpha value is -1.96. The summed E-state index contributed by atoms with van der Waals surface area (Å²) in [6.07, 6.45) is 2.26. The molecule has 1 N–H and O–H groups in total. The zero-order chi connectivity index (χ0) is 13.1. The number of hydrogen-bond acceptors (Lipinski definition) is 5. The molecule has 0 aliphatic rings. The Morgan fingerprint density at radius 1 is 1.65 bits per heavy atom. The van der Waals surface area contributed by atoms with Crippen molar-refractivity contribution in [2.45, 2.75) is 32.9 Å². The van der Waals surface area contributed by atoms with Crippen molar-refractivity contribution in [1.82, 2.24) is 15.3 Å². The van der Waals surface area contributed by atoms with Crippen LogP contribution in [0.25, 0.3) is 0 Å². The van der Waals surface area contributed by atoms with Gasteiger partial charge >= 0.3 is 5.69 Å². The maximum absolute atomic E-state index is 11.4. The van der Waals surface area contributed by atoms with Crippen LogP contribution < -0.4 is 5.48 Å². The second kappa shape index (κ2) is 4.91. The van der Waals surface area contributed by atoms with Crippen LogP contribution in [0, 0.1) is 10.1 Å². The highest BCUT2D eigenvalue weighted by molar-refractivity contribution is 5.74. The summed E-state index contributed by atoms with van der Waals surface area (Å²) in [5.74, 6) is -0.432. The maximum Gasteiger partial charge on any atom is 0.307 e. The van der Waals surface area contributed by atoms with Gasteiger partial charge in [-0.1, -0.05) is 0 Å². The number of nitrogens with zero attached hydrogens (tertiary/aromatic N) is 3. The van der Waals surface area contributed by atoms with Gasteiger partial charge in [-0.25, -0.2) is 5.48 Å². The second-order valence-electron chi connectivity index (χ2n) is 4.39. The molecule has 0 aromatic carbocycles. The van der Waals surface area contributed by atoms with E-state index < -0.39 is 16.4 Å². The topological polar surface area (TPSA) is 99.3 Å². The smallest absolute Gasteiger partial charge is 0.271 e. The zero-order valence-electron chi connectivity index (χ0n) is 9.84. The van der Waals surface area contributed by atoms with E-state index >= 15 is 0 Å². The summed E-state index contributed by atoms with van der Waals surface area (Å²) in [4.78, 5) is 26.2. The third-order valence-electron chi connectivity index (χ3n) is 1.61. The van der Waals surface area contributed by atoms with Crippen LogP contribution in [0.1, 0.15) is 20.8 Å². The molecule has 0 radical (unpaired) electrons. The predicted octanol–water partition coefficient (Wildman–Crippen LogP) is 0.638. The van der Waals surface area contributed by atoms with E-state index in [1.165, 1.54) is 10.9 Å². The molecule has 1 aromatic rings. The van der Waals surface area contributed by atoms with Gasteiger partial charge in [0.1, 0.15) is 18.9 Å². The lowest BCUT2D eigenvalue weighted by atomic mass is 10.2. The molecule has 8 heteroatoms. The van der Waals surface area contributed by atoms with Crippen molar-refractivity contribution >= 4 is 11.6 Å². The fourth-order valence-corrected chi connectivity index (χ4v) is 0.923. The minimum absolute atomic E-state index is 0.135. The quantitative estimate of drug-likeness (QED) is 0.616. The Bertz CT molecular complexity index is 421. The van der Waals surface area contributed by atoms with E-state index in [0.717, 1.165) is 6.20 Å². The number of rotatable bonds is 4. The van der Waals surface area contributed by atoms with Crippen LogP contribution in [-0.2, 0) is 16.2 Å². The number of carbonyl (C=O) groups is 1. The van der Waals surface area contributed by atoms with E-state index in [1.807, 2.05) is 0 Å². The van der Waals surface area contributed by atoms with Crippen molar-refractivity contribution in [3.63, 3.8) is 0 Å². The lowest BCUT2D eigenvalue weighted by molar-refractivity contribution is -0.385. The van der Waals surface area contributed by atoms with Crippen LogP contribution in [0.2, 0.25) is 0 Å². The summed E-state index contributed by atoms with van der Waals surface area (Å²) in [6, 6.07) is 0. The molecule has 0 spiro atoms. The molecule has 0 fully saturated rings. The van der Waals surface area contributed by atoms with E-state index in [-0.39, 0.29) is 12.2 Å². The van der Waals surface area contributed by atoms with Gasteiger partial charge in [-0.2, -0.15) is 5.10 Å². The van der Waals surface area contributed by atoms with Gasteiger partial charge in [-0.05, 0) is 20.8 Å². The summed E-state index contributed by atoms with van der Waals surface area (Å²) in [5, 5.41) is 14.1. The molecule has 0 saturated heterocycles. The molecule has 1 aromatic heterocycles. The molecule has 0 aliphatic carbocycles. The van der Waals surface area contributed by atoms with Crippen LogP contribution in [-0.4, -0.2) is 26.2 Å². The highest BCUT2D eigenvalue weighted by Crippen LogP contribution is 2.07. The van der Waals surface area contributed by atoms with Gasteiger partial charge in [0, 0.05) is 0 Å². The SMILES string of the molecule is CC(C)(C)ONC(=O)Cn1cc([N+](=O)[O-])cn1. The summed E-state index contributed by atoms with van der Waals surface area (Å²) in [5.41, 5.74) is 1.59. The molecular weight excluding hydrogens is 228 g/mol. The molecule has 0 saturated carbocycles. The highest BCUT2D eigenvalue weighted by atomic mass is 16.7. The molecule has 94 valence electrons. The molecular formula is C9H14N4O4. The lowest BCUT2D eigenvalue weighted by Crippen LogP contribution is -2.35. The molecule has 17 heavy (non-hydrogen) atoms. The highest BCUT2D eigenvalue weighted by Gasteiger charge is 2.14. The zero-order valence-corrected chi connectivity index (χ0v) is 9.84. The molecule has 0 aliphatic heterocycles. The molecule has 0 bridgehead atoms. The average Bonchev–Trinajstić information content (AvgIpc) is 2.62. The number of nitro groups is 1. The van der Waals surface area contributed by atoms with Crippen LogP contribution in [0.15, 0.2) is 12.4 Å². The molecule has 0 unspecified atom stereocenters. The normalized spacial score (nSPS) is 11.2. The number of amides is 1. The molecule has 1 heterocycles. The van der Waals surface area contributed by atoms with E-state index in [1.54, 1.807) is 20.8 Å². The van der Waals surface area contributed by atoms with Crippen molar-refractivity contribution in [2.24, 2.45) is 0 Å². The van der Waals surface area contributed by atoms with Gasteiger partial charge in [0.2, 0.25) is 0 Å². The first kappa shape index (κ1) is 13.1. The summed E-state index contributed by atoms with van der Waals surface area (Å²) in [7, 11) is 0. The third kappa shape index (κ3) is 4.60. The van der Waals surface area contributed by atoms with E-state index in [0.29, 0.717) is 0 Å². The van der Waals surface area contributed by atoms with Crippen molar-refractivity contribution in [1.29, 1.82) is 0 Å². The van der Waals surface area contributed by atoms with E-state index in [4.69, 9.17) is 4.84 Å². The fraction of sp³-hybridized carbons (Fsp3) is 0.556. The Morgan fingerprint density at radius 2 is 2.29 bits per heavy atom. The van der Waals surface area contributed by atoms with Gasteiger partial charge in [-0.3, -0.25) is 24.4 Å². The Balaban J connectivity index is 2.48. The van der Waals surface area contributed by atoms with Gasteiger partial charge in [0.05, 0.1) is 10.5 Å². The van der Waals surface area contributed by atoms with Gasteiger partial charge in [0.15, 0.2) is 0 Å². The van der Waals surface area contributed by atoms with Crippen LogP contribution in [0.3, 0.4) is 0 Å². The van der Waals surface area contributed by atoms with Crippen molar-refractivity contribution in [2.75, 3.05) is 0 Å². The van der Waals surface area contributed by atoms with E-state index in [9.17, 15) is 14.9 Å². The maximum atomic E-state index is 11.4. The molecule has 1 rings (SSSR count). The summed E-state index contributed by atoms with van der Waals surface area (Å²) in [6.45, 7) is 5.22. The Morgan fingerprint density at radius 3 is 2.76 bits per heavy atom. The average molecular weight is 242 g/mol. The fourth-order valence-electron chi connectivity index (χ4n) is 0.923. The van der Waals surface area contributed by atoms with Gasteiger partial charge in [-0.15, -0.1) is 0 Å².